The highest BCUT2D eigenvalue weighted by Gasteiger charge is 2.06. The van der Waals surface area contributed by atoms with Crippen LogP contribution in [-0.2, 0) is 0 Å². The molecule has 0 aromatic carbocycles. The Balaban J connectivity index is 4.63. The summed E-state index contributed by atoms with van der Waals surface area (Å²) in [5.74, 6) is 0.415. The standard InChI is InChI=1S/C10H18N2/c1-6-11-9(5)10(8(3)4)12-7-2/h7-8H,2,6H2,1,3-5H3. The summed E-state index contributed by atoms with van der Waals surface area (Å²) in [6.07, 6.45) is 1.57. The summed E-state index contributed by atoms with van der Waals surface area (Å²) >= 11 is 0. The topological polar surface area (TPSA) is 24.7 Å². The van der Waals surface area contributed by atoms with Crippen molar-refractivity contribution >= 4 is 11.4 Å². The molecule has 0 saturated carbocycles. The Bertz CT molecular complexity index is 200. The first kappa shape index (κ1) is 11.1. The van der Waals surface area contributed by atoms with E-state index in [0.717, 1.165) is 18.0 Å². The van der Waals surface area contributed by atoms with Crippen molar-refractivity contribution in [1.29, 1.82) is 0 Å². The van der Waals surface area contributed by atoms with Crippen molar-refractivity contribution < 1.29 is 0 Å². The fraction of sp³-hybridized carbons (Fsp3) is 0.600. The minimum Gasteiger partial charge on any atom is -0.288 e. The average molecular weight is 166 g/mol. The molecule has 0 rings (SSSR count). The molecule has 68 valence electrons. The molecule has 0 saturated heterocycles. The van der Waals surface area contributed by atoms with Gasteiger partial charge in [0.15, 0.2) is 0 Å². The molecule has 0 heterocycles. The first-order chi connectivity index (χ1) is 5.63. The summed E-state index contributed by atoms with van der Waals surface area (Å²) in [4.78, 5) is 8.49. The van der Waals surface area contributed by atoms with Gasteiger partial charge in [0.1, 0.15) is 0 Å². The molecular formula is C10H18N2. The highest BCUT2D eigenvalue weighted by molar-refractivity contribution is 6.42. The van der Waals surface area contributed by atoms with Gasteiger partial charge in [0, 0.05) is 12.7 Å². The summed E-state index contributed by atoms with van der Waals surface area (Å²) < 4.78 is 0. The van der Waals surface area contributed by atoms with E-state index >= 15 is 0 Å². The number of rotatable bonds is 4. The lowest BCUT2D eigenvalue weighted by Gasteiger charge is -2.07. The second-order valence-electron chi connectivity index (χ2n) is 2.91. The third-order valence-corrected chi connectivity index (χ3v) is 1.54. The molecule has 0 fully saturated rings. The van der Waals surface area contributed by atoms with Crippen LogP contribution >= 0.6 is 0 Å². The third-order valence-electron chi connectivity index (χ3n) is 1.54. The van der Waals surface area contributed by atoms with E-state index in [2.05, 4.69) is 30.4 Å². The van der Waals surface area contributed by atoms with Crippen molar-refractivity contribution in [3.05, 3.63) is 12.8 Å². The predicted octanol–water partition coefficient (Wildman–Crippen LogP) is 2.71. The normalized spacial score (nSPS) is 13.8. The molecule has 0 aliphatic heterocycles. The maximum Gasteiger partial charge on any atom is 0.0635 e. The molecule has 2 heteroatoms. The van der Waals surface area contributed by atoms with Gasteiger partial charge in [-0.25, -0.2) is 0 Å². The average Bonchev–Trinajstić information content (AvgIpc) is 1.99. The predicted molar refractivity (Wildman–Crippen MR) is 56.1 cm³/mol. The first-order valence-electron chi connectivity index (χ1n) is 4.33. The Morgan fingerprint density at radius 2 is 2.08 bits per heavy atom. The van der Waals surface area contributed by atoms with Gasteiger partial charge >= 0.3 is 0 Å². The largest absolute Gasteiger partial charge is 0.288 e. The van der Waals surface area contributed by atoms with E-state index in [1.807, 2.05) is 13.8 Å². The Morgan fingerprint density at radius 1 is 1.50 bits per heavy atom. The van der Waals surface area contributed by atoms with Crippen molar-refractivity contribution in [3.63, 3.8) is 0 Å². The summed E-state index contributed by atoms with van der Waals surface area (Å²) in [7, 11) is 0. The van der Waals surface area contributed by atoms with Gasteiger partial charge in [0.05, 0.1) is 11.4 Å². The van der Waals surface area contributed by atoms with Crippen LogP contribution in [0.4, 0.5) is 0 Å². The maximum atomic E-state index is 4.30. The molecule has 0 radical (unpaired) electrons. The van der Waals surface area contributed by atoms with E-state index in [-0.39, 0.29) is 0 Å². The van der Waals surface area contributed by atoms with Gasteiger partial charge in [-0.05, 0) is 19.8 Å². The van der Waals surface area contributed by atoms with E-state index in [1.54, 1.807) is 6.20 Å². The summed E-state index contributed by atoms with van der Waals surface area (Å²) in [6, 6.07) is 0. The molecule has 2 nitrogen and oxygen atoms in total. The summed E-state index contributed by atoms with van der Waals surface area (Å²) in [6.45, 7) is 12.6. The summed E-state index contributed by atoms with van der Waals surface area (Å²) in [5.41, 5.74) is 2.05. The molecule has 12 heavy (non-hydrogen) atoms. The van der Waals surface area contributed by atoms with Crippen LogP contribution in [-0.4, -0.2) is 18.0 Å². The van der Waals surface area contributed by atoms with E-state index in [1.165, 1.54) is 0 Å². The van der Waals surface area contributed by atoms with Crippen LogP contribution in [0.1, 0.15) is 27.7 Å². The van der Waals surface area contributed by atoms with E-state index in [9.17, 15) is 0 Å². The second kappa shape index (κ2) is 5.70. The van der Waals surface area contributed by atoms with E-state index in [0.29, 0.717) is 5.92 Å². The van der Waals surface area contributed by atoms with Crippen molar-refractivity contribution in [2.75, 3.05) is 6.54 Å². The zero-order valence-electron chi connectivity index (χ0n) is 8.46. The van der Waals surface area contributed by atoms with Gasteiger partial charge in [-0.3, -0.25) is 9.98 Å². The molecule has 0 aliphatic carbocycles. The van der Waals surface area contributed by atoms with Gasteiger partial charge in [-0.1, -0.05) is 20.4 Å². The van der Waals surface area contributed by atoms with Gasteiger partial charge in [-0.15, -0.1) is 0 Å². The Hall–Kier alpha value is -0.920. The smallest absolute Gasteiger partial charge is 0.0635 e. The SMILES string of the molecule is C=CN=C(C(C)=NCC)C(C)C. The zero-order chi connectivity index (χ0) is 9.56. The van der Waals surface area contributed by atoms with Gasteiger partial charge in [-0.2, -0.15) is 0 Å². The minimum absolute atomic E-state index is 0.415. The Morgan fingerprint density at radius 3 is 2.42 bits per heavy atom. The van der Waals surface area contributed by atoms with Gasteiger partial charge in [0.25, 0.3) is 0 Å². The number of nitrogens with zero attached hydrogens (tertiary/aromatic N) is 2. The molecule has 0 aliphatic rings. The zero-order valence-corrected chi connectivity index (χ0v) is 8.46. The monoisotopic (exact) mass is 166 g/mol. The van der Waals surface area contributed by atoms with Crippen molar-refractivity contribution in [3.8, 4) is 0 Å². The molecule has 0 N–H and O–H groups in total. The molecule has 0 spiro atoms. The lowest BCUT2D eigenvalue weighted by atomic mass is 10.0. The third kappa shape index (κ3) is 3.46. The van der Waals surface area contributed by atoms with E-state index < -0.39 is 0 Å². The number of hydrogen-bond donors (Lipinski definition) is 0. The van der Waals surface area contributed by atoms with Crippen molar-refractivity contribution in [2.24, 2.45) is 15.9 Å². The van der Waals surface area contributed by atoms with Crippen LogP contribution in [0, 0.1) is 5.92 Å². The second-order valence-corrected chi connectivity index (χ2v) is 2.91. The van der Waals surface area contributed by atoms with Crippen LogP contribution in [0.25, 0.3) is 0 Å². The van der Waals surface area contributed by atoms with Crippen molar-refractivity contribution in [1.82, 2.24) is 0 Å². The fourth-order valence-electron chi connectivity index (χ4n) is 1.08. The molecule has 0 bridgehead atoms. The maximum absolute atomic E-state index is 4.30. The van der Waals surface area contributed by atoms with Crippen LogP contribution in [0.15, 0.2) is 22.8 Å². The van der Waals surface area contributed by atoms with Crippen molar-refractivity contribution in [2.45, 2.75) is 27.7 Å². The Kier molecular flexibility index (Phi) is 5.26. The summed E-state index contributed by atoms with van der Waals surface area (Å²) in [5, 5.41) is 0. The highest BCUT2D eigenvalue weighted by atomic mass is 14.8. The first-order valence-corrected chi connectivity index (χ1v) is 4.33. The molecule has 0 atom stereocenters. The van der Waals surface area contributed by atoms with Gasteiger partial charge < -0.3 is 0 Å². The lowest BCUT2D eigenvalue weighted by molar-refractivity contribution is 0.892. The van der Waals surface area contributed by atoms with Crippen LogP contribution < -0.4 is 0 Å². The van der Waals surface area contributed by atoms with Gasteiger partial charge in [0.2, 0.25) is 0 Å². The van der Waals surface area contributed by atoms with Crippen LogP contribution in [0.5, 0.6) is 0 Å². The van der Waals surface area contributed by atoms with E-state index in [4.69, 9.17) is 0 Å². The van der Waals surface area contributed by atoms with Crippen LogP contribution in [0.3, 0.4) is 0 Å². The molecule has 0 unspecified atom stereocenters. The molecule has 0 aromatic rings. The minimum atomic E-state index is 0.415. The quantitative estimate of drug-likeness (QED) is 0.574. The lowest BCUT2D eigenvalue weighted by Crippen LogP contribution is -2.17. The highest BCUT2D eigenvalue weighted by Crippen LogP contribution is 2.00. The van der Waals surface area contributed by atoms with Crippen LogP contribution in [0.2, 0.25) is 0 Å². The molecule has 0 amide bonds. The number of aliphatic imine (C=N–C) groups is 2. The molecular weight excluding hydrogens is 148 g/mol. The number of hydrogen-bond acceptors (Lipinski definition) is 2. The Labute approximate surface area is 75.1 Å². The molecule has 0 aromatic heterocycles. The fourth-order valence-corrected chi connectivity index (χ4v) is 1.08.